The van der Waals surface area contributed by atoms with Crippen LogP contribution in [-0.2, 0) is 0 Å². The molecule has 1 aromatic rings. The van der Waals surface area contributed by atoms with Crippen molar-refractivity contribution in [3.63, 3.8) is 0 Å². The molecule has 0 saturated heterocycles. The molecule has 0 fully saturated rings. The lowest BCUT2D eigenvalue weighted by Gasteiger charge is -2.20. The summed E-state index contributed by atoms with van der Waals surface area (Å²) in [6.07, 6.45) is 2.25. The van der Waals surface area contributed by atoms with E-state index in [1.807, 2.05) is 31.2 Å². The average Bonchev–Trinajstić information content (AvgIpc) is 2.42. The molecule has 0 bridgehead atoms. The zero-order valence-electron chi connectivity index (χ0n) is 11.2. The van der Waals surface area contributed by atoms with Gasteiger partial charge in [-0.2, -0.15) is 0 Å². The molecular formula is C15H23NO2. The van der Waals surface area contributed by atoms with Gasteiger partial charge in [0.2, 0.25) is 0 Å². The Hall–Kier alpha value is -1.32. The third-order valence-corrected chi connectivity index (χ3v) is 2.75. The zero-order valence-corrected chi connectivity index (χ0v) is 11.2. The van der Waals surface area contributed by atoms with E-state index >= 15 is 0 Å². The van der Waals surface area contributed by atoms with Gasteiger partial charge in [-0.15, -0.1) is 6.58 Å². The first kappa shape index (κ1) is 14.7. The summed E-state index contributed by atoms with van der Waals surface area (Å²) >= 11 is 0. The molecule has 0 aromatic heterocycles. The molecule has 2 unspecified atom stereocenters. The Balaban J connectivity index is 2.57. The monoisotopic (exact) mass is 249 g/mol. The summed E-state index contributed by atoms with van der Waals surface area (Å²) in [6, 6.07) is 7.59. The largest absolute Gasteiger partial charge is 0.494 e. The molecule has 0 aliphatic rings. The van der Waals surface area contributed by atoms with Gasteiger partial charge in [0.1, 0.15) is 5.75 Å². The van der Waals surface area contributed by atoms with Crippen molar-refractivity contribution in [1.29, 1.82) is 0 Å². The Morgan fingerprint density at radius 1 is 1.39 bits per heavy atom. The lowest BCUT2D eigenvalue weighted by Crippen LogP contribution is -2.32. The van der Waals surface area contributed by atoms with Crippen LogP contribution in [0.5, 0.6) is 5.75 Å². The number of benzene rings is 1. The maximum absolute atomic E-state index is 10.1. The van der Waals surface area contributed by atoms with E-state index in [2.05, 4.69) is 18.8 Å². The predicted octanol–water partition coefficient (Wildman–Crippen LogP) is 2.67. The molecule has 2 atom stereocenters. The molecule has 0 heterocycles. The number of rotatable bonds is 8. The number of nitrogens with one attached hydrogen (secondary N) is 1. The highest BCUT2D eigenvalue weighted by atomic mass is 16.5. The van der Waals surface area contributed by atoms with Gasteiger partial charge in [0, 0.05) is 12.6 Å². The fraction of sp³-hybridized carbons (Fsp3) is 0.467. The van der Waals surface area contributed by atoms with Gasteiger partial charge in [0.05, 0.1) is 12.7 Å². The summed E-state index contributed by atoms with van der Waals surface area (Å²) in [7, 11) is 0. The first-order chi connectivity index (χ1) is 8.69. The molecule has 0 spiro atoms. The van der Waals surface area contributed by atoms with Crippen molar-refractivity contribution >= 4 is 0 Å². The van der Waals surface area contributed by atoms with Crippen molar-refractivity contribution in [2.45, 2.75) is 32.4 Å². The van der Waals surface area contributed by atoms with Gasteiger partial charge in [0.15, 0.2) is 0 Å². The zero-order chi connectivity index (χ0) is 13.4. The van der Waals surface area contributed by atoms with Crippen molar-refractivity contribution in [2.75, 3.05) is 13.2 Å². The van der Waals surface area contributed by atoms with Crippen LogP contribution >= 0.6 is 0 Å². The van der Waals surface area contributed by atoms with Crippen molar-refractivity contribution < 1.29 is 9.84 Å². The van der Waals surface area contributed by atoms with E-state index in [0.29, 0.717) is 6.54 Å². The number of hydrogen-bond donors (Lipinski definition) is 2. The average molecular weight is 249 g/mol. The second kappa shape index (κ2) is 7.90. The maximum atomic E-state index is 10.1. The number of aliphatic hydroxyl groups excluding tert-OH is 1. The fourth-order valence-electron chi connectivity index (χ4n) is 1.65. The lowest BCUT2D eigenvalue weighted by molar-refractivity contribution is 0.138. The van der Waals surface area contributed by atoms with E-state index in [0.717, 1.165) is 24.3 Å². The Morgan fingerprint density at radius 2 is 2.06 bits per heavy atom. The fourth-order valence-corrected chi connectivity index (χ4v) is 1.65. The van der Waals surface area contributed by atoms with Gasteiger partial charge >= 0.3 is 0 Å². The van der Waals surface area contributed by atoms with Crippen LogP contribution in [0.2, 0.25) is 0 Å². The molecule has 0 radical (unpaired) electrons. The molecular weight excluding hydrogens is 226 g/mol. The highest BCUT2D eigenvalue weighted by Gasteiger charge is 2.15. The second-order valence-corrected chi connectivity index (χ2v) is 4.35. The van der Waals surface area contributed by atoms with Crippen molar-refractivity contribution in [3.8, 4) is 5.75 Å². The van der Waals surface area contributed by atoms with Gasteiger partial charge in [-0.25, -0.2) is 0 Å². The minimum Gasteiger partial charge on any atom is -0.494 e. The highest BCUT2D eigenvalue weighted by molar-refractivity contribution is 5.29. The Morgan fingerprint density at radius 3 is 2.61 bits per heavy atom. The van der Waals surface area contributed by atoms with Gasteiger partial charge in [-0.05, 0) is 31.0 Å². The van der Waals surface area contributed by atoms with E-state index in [1.165, 1.54) is 0 Å². The molecule has 1 aromatic carbocycles. The standard InChI is InChI=1S/C15H23NO2/c1-4-10-16-12(3)15(17)13-6-8-14(9-7-13)18-11-5-2/h4,6-9,12,15-17H,1,5,10-11H2,2-3H3. The van der Waals surface area contributed by atoms with E-state index in [1.54, 1.807) is 6.08 Å². The third-order valence-electron chi connectivity index (χ3n) is 2.75. The van der Waals surface area contributed by atoms with Gasteiger partial charge in [-0.3, -0.25) is 0 Å². The molecule has 0 aliphatic carbocycles. The van der Waals surface area contributed by atoms with Crippen molar-refractivity contribution in [2.24, 2.45) is 0 Å². The molecule has 1 rings (SSSR count). The number of ether oxygens (including phenoxy) is 1. The molecule has 0 amide bonds. The van der Waals surface area contributed by atoms with E-state index in [-0.39, 0.29) is 6.04 Å². The molecule has 100 valence electrons. The summed E-state index contributed by atoms with van der Waals surface area (Å²) in [4.78, 5) is 0. The van der Waals surface area contributed by atoms with Crippen LogP contribution in [-0.4, -0.2) is 24.3 Å². The smallest absolute Gasteiger partial charge is 0.119 e. The summed E-state index contributed by atoms with van der Waals surface area (Å²) in [5.41, 5.74) is 0.892. The van der Waals surface area contributed by atoms with Crippen LogP contribution in [0.1, 0.15) is 31.9 Å². The third kappa shape index (κ3) is 4.51. The van der Waals surface area contributed by atoms with Gasteiger partial charge in [0.25, 0.3) is 0 Å². The summed E-state index contributed by atoms with van der Waals surface area (Å²) in [5, 5.41) is 13.3. The topological polar surface area (TPSA) is 41.5 Å². The summed E-state index contributed by atoms with van der Waals surface area (Å²) < 4.78 is 5.50. The van der Waals surface area contributed by atoms with E-state index < -0.39 is 6.10 Å². The van der Waals surface area contributed by atoms with Crippen LogP contribution < -0.4 is 10.1 Å². The second-order valence-electron chi connectivity index (χ2n) is 4.35. The molecule has 2 N–H and O–H groups in total. The van der Waals surface area contributed by atoms with E-state index in [9.17, 15) is 5.11 Å². The summed E-state index contributed by atoms with van der Waals surface area (Å²) in [5.74, 6) is 0.847. The Labute approximate surface area is 109 Å². The molecule has 18 heavy (non-hydrogen) atoms. The van der Waals surface area contributed by atoms with Crippen LogP contribution in [0.25, 0.3) is 0 Å². The normalized spacial score (nSPS) is 13.9. The van der Waals surface area contributed by atoms with Crippen molar-refractivity contribution in [1.82, 2.24) is 5.32 Å². The minimum absolute atomic E-state index is 0.00888. The lowest BCUT2D eigenvalue weighted by atomic mass is 10.0. The first-order valence-electron chi connectivity index (χ1n) is 6.44. The van der Waals surface area contributed by atoms with Crippen LogP contribution in [0, 0.1) is 0 Å². The first-order valence-corrected chi connectivity index (χ1v) is 6.44. The molecule has 3 heteroatoms. The Bertz CT molecular complexity index is 348. The molecule has 3 nitrogen and oxygen atoms in total. The Kier molecular flexibility index (Phi) is 6.47. The van der Waals surface area contributed by atoms with Crippen molar-refractivity contribution in [3.05, 3.63) is 42.5 Å². The number of aliphatic hydroxyl groups is 1. The highest BCUT2D eigenvalue weighted by Crippen LogP contribution is 2.20. The maximum Gasteiger partial charge on any atom is 0.119 e. The van der Waals surface area contributed by atoms with Crippen LogP contribution in [0.4, 0.5) is 0 Å². The van der Waals surface area contributed by atoms with Crippen LogP contribution in [0.3, 0.4) is 0 Å². The summed E-state index contributed by atoms with van der Waals surface area (Å²) in [6.45, 7) is 9.08. The minimum atomic E-state index is -0.523. The van der Waals surface area contributed by atoms with Crippen LogP contribution in [0.15, 0.2) is 36.9 Å². The van der Waals surface area contributed by atoms with Gasteiger partial charge in [-0.1, -0.05) is 25.1 Å². The quantitative estimate of drug-likeness (QED) is 0.696. The van der Waals surface area contributed by atoms with E-state index in [4.69, 9.17) is 4.74 Å². The SMILES string of the molecule is C=CCNC(C)C(O)c1ccc(OCCC)cc1. The molecule has 0 aliphatic heterocycles. The number of hydrogen-bond acceptors (Lipinski definition) is 3. The molecule has 0 saturated carbocycles. The predicted molar refractivity (Wildman–Crippen MR) is 74.8 cm³/mol. The van der Waals surface area contributed by atoms with Gasteiger partial charge < -0.3 is 15.2 Å².